The Morgan fingerprint density at radius 1 is 0.463 bits per heavy atom. The van der Waals surface area contributed by atoms with Crippen LogP contribution < -0.4 is 113 Å². The number of primary amides is 1. The lowest BCUT2D eigenvalue weighted by atomic mass is 9.96. The SMILES string of the molecule is CC[C@H](C)C1NC(=O)C([C@@H](C)O)NC(=O)C(Cc2cncn2C)NC(=O)C(Cc2ccccc2)NC(=O)CSCC(C(=O)NCC(N)=O)NC(=O)C(Cc2ccccc2)NC(=O)C(Cc2c[nH]c3ccccc23)NC(=O)C(Cc2ccc(O)cc2)NC(=O)C(Cc2cncn2C)NC(=O)C(Cc2ccccc2)NC(=O)C(C)(C)NC(=O)C(CCCNC(=N)N)NC(=O)C(CCCCN)NC(=O)C(CCCNC(=N)N)NC1=O. The number of guanidine groups is 2. The number of thioether (sulfide) groups is 1. The first-order valence-electron chi connectivity index (χ1n) is 48.5. The Hall–Kier alpha value is -15.8. The molecule has 9 rings (SSSR count). The van der Waals surface area contributed by atoms with Crippen molar-refractivity contribution in [2.24, 2.45) is 42.9 Å². The van der Waals surface area contributed by atoms with Crippen molar-refractivity contribution in [2.45, 2.75) is 221 Å². The fraction of sp³-hybridized carbons (Fsp3) is 0.440. The summed E-state index contributed by atoms with van der Waals surface area (Å²) in [6.07, 6.45) is 3.63. The highest BCUT2D eigenvalue weighted by Crippen LogP contribution is 2.23. The number of unbranched alkanes of at least 4 members (excludes halogenated alkanes) is 1. The van der Waals surface area contributed by atoms with Gasteiger partial charge in [-0.2, -0.15) is 0 Å². The highest BCUT2D eigenvalue weighted by atomic mass is 32.2. The van der Waals surface area contributed by atoms with Crippen molar-refractivity contribution in [1.29, 1.82) is 10.8 Å². The molecular formula is C100H136N28O18S. The number of rotatable bonds is 32. The third kappa shape index (κ3) is 36.8. The van der Waals surface area contributed by atoms with Gasteiger partial charge in [-0.1, -0.05) is 142 Å². The van der Waals surface area contributed by atoms with Crippen molar-refractivity contribution in [2.75, 3.05) is 37.7 Å². The van der Waals surface area contributed by atoms with Crippen molar-refractivity contribution in [3.63, 3.8) is 0 Å². The van der Waals surface area contributed by atoms with Gasteiger partial charge in [-0.15, -0.1) is 11.8 Å². The van der Waals surface area contributed by atoms with E-state index in [1.165, 1.54) is 70.1 Å². The summed E-state index contributed by atoms with van der Waals surface area (Å²) in [6, 6.07) is 16.6. The number of amides is 16. The molecule has 16 amide bonds. The minimum Gasteiger partial charge on any atom is -0.508 e. The first-order chi connectivity index (χ1) is 70.1. The molecular weight excluding hydrogens is 1910 g/mol. The molecule has 0 spiro atoms. The van der Waals surface area contributed by atoms with Gasteiger partial charge in [-0.25, -0.2) is 9.97 Å². The van der Waals surface area contributed by atoms with Gasteiger partial charge in [-0.05, 0) is 124 Å². The van der Waals surface area contributed by atoms with Crippen LogP contribution in [0.15, 0.2) is 171 Å². The molecule has 1 aliphatic rings. The number of hydrogen-bond acceptors (Lipinski definition) is 24. The quantitative estimate of drug-likeness (QED) is 0.0113. The molecule has 0 saturated carbocycles. The highest BCUT2D eigenvalue weighted by molar-refractivity contribution is 8.00. The molecule has 4 heterocycles. The van der Waals surface area contributed by atoms with Crippen LogP contribution in [0, 0.1) is 16.7 Å². The van der Waals surface area contributed by atoms with Gasteiger partial charge in [0.25, 0.3) is 0 Å². The fourth-order valence-corrected chi connectivity index (χ4v) is 17.0. The molecule has 1 fully saturated rings. The Morgan fingerprint density at radius 2 is 0.850 bits per heavy atom. The number of aromatic amines is 1. The smallest absolute Gasteiger partial charge is 0.245 e. The molecule has 1 saturated heterocycles. The monoisotopic (exact) mass is 2050 g/mol. The van der Waals surface area contributed by atoms with Crippen LogP contribution in [0.2, 0.25) is 0 Å². The molecule has 0 aliphatic carbocycles. The van der Waals surface area contributed by atoms with E-state index in [9.17, 15) is 29.4 Å². The van der Waals surface area contributed by atoms with E-state index >= 15 is 57.5 Å². The Balaban J connectivity index is 1.15. The molecule has 5 aromatic carbocycles. The maximum absolute atomic E-state index is 15.8. The van der Waals surface area contributed by atoms with Crippen LogP contribution in [-0.4, -0.2) is 269 Å². The lowest BCUT2D eigenvalue weighted by Crippen LogP contribution is -2.64. The number of phenols is 1. The van der Waals surface area contributed by atoms with Crippen LogP contribution in [0.1, 0.15) is 125 Å². The summed E-state index contributed by atoms with van der Waals surface area (Å²) in [5.41, 5.74) is 24.5. The number of hydrogen-bond donors (Lipinski definition) is 26. The van der Waals surface area contributed by atoms with E-state index in [2.05, 4.69) is 105 Å². The summed E-state index contributed by atoms with van der Waals surface area (Å²) in [5.74, 6) is -18.6. The number of aliphatic hydroxyl groups is 1. The van der Waals surface area contributed by atoms with E-state index in [0.717, 1.165) is 11.8 Å². The van der Waals surface area contributed by atoms with E-state index in [0.29, 0.717) is 56.5 Å². The van der Waals surface area contributed by atoms with E-state index < -0.39 is 221 Å². The first-order valence-corrected chi connectivity index (χ1v) is 49.6. The van der Waals surface area contributed by atoms with E-state index in [4.69, 9.17) is 33.8 Å². The standard InChI is InChI=1S/C100H136N28O18S/c1-8-57(2)82-95(144)116-70(33-22-40-109-98(103)104)86(135)114-69(32-20-21-39-101)85(134)115-71(34-23-41-110-99(105)106)94(143)126-100(4,5)97(146)123-75(44-61-28-16-11-17-29-61)90(139)120-77(47-64-50-107-55-127(64)6)92(141)118-74(45-62-35-37-66(130)38-36-62)88(137)119-76(46-63-49-111-68-31-19-18-30-67(63)68)91(140)117-73(43-60-26-14-10-15-27-60)89(138)122-79(84(133)112-52-80(102)131)53-147-54-81(132)113-72(42-59-24-12-9-13-25-59)87(136)121-78(48-65-51-108-56-128(65)7)93(142)125-83(58(3)129)96(145)124-82/h9-19,24-31,35-38,49-51,55-58,69-79,82-83,111,129-130H,8,20-23,32-34,39-48,52-54,101H2,1-7H3,(H2,102,131)(H,112,133)(H,113,132)(H,114,135)(H,115,134)(H,116,144)(H,117,140)(H,118,141)(H,119,137)(H,120,139)(H,121,136)(H,122,138)(H,123,146)(H,124,145)(H,125,142)(H,126,143)(H4,103,104,109)(H4,105,106,110)/t57-,58+,69?,70?,71?,72?,73?,74?,75?,76?,77?,78?,79?,82?,83?/m0/s1. The van der Waals surface area contributed by atoms with Gasteiger partial charge in [0.15, 0.2) is 11.9 Å². The number of nitrogens with two attached hydrogens (primary N) is 4. The van der Waals surface area contributed by atoms with E-state index in [1.807, 2.05) is 0 Å². The van der Waals surface area contributed by atoms with E-state index in [1.54, 1.807) is 159 Å². The zero-order valence-corrected chi connectivity index (χ0v) is 83.9. The molecule has 13 unspecified atom stereocenters. The van der Waals surface area contributed by atoms with Crippen molar-refractivity contribution < 1.29 is 86.9 Å². The number of nitrogens with one attached hydrogen (secondary N) is 20. The molecule has 30 N–H and O–H groups in total. The lowest BCUT2D eigenvalue weighted by Gasteiger charge is -2.31. The van der Waals surface area contributed by atoms with Gasteiger partial charge >= 0.3 is 0 Å². The molecule has 790 valence electrons. The first kappa shape index (κ1) is 115. The van der Waals surface area contributed by atoms with Crippen LogP contribution >= 0.6 is 11.8 Å². The van der Waals surface area contributed by atoms with Crippen molar-refractivity contribution in [1.82, 2.24) is 114 Å². The average Bonchev–Trinajstić information content (AvgIpc) is 1.67. The number of H-pyrrole nitrogens is 1. The van der Waals surface area contributed by atoms with Crippen molar-refractivity contribution in [3.05, 3.63) is 210 Å². The predicted molar refractivity (Wildman–Crippen MR) is 547 cm³/mol. The molecule has 147 heavy (non-hydrogen) atoms. The van der Waals surface area contributed by atoms with Gasteiger partial charge < -0.3 is 138 Å². The molecule has 3 aromatic heterocycles. The number of aliphatic hydroxyl groups excluding tert-OH is 1. The van der Waals surface area contributed by atoms with Crippen molar-refractivity contribution in [3.8, 4) is 5.75 Å². The number of benzene rings is 5. The maximum atomic E-state index is 15.8. The average molecular weight is 2050 g/mol. The van der Waals surface area contributed by atoms with Crippen LogP contribution in [0.5, 0.6) is 5.75 Å². The number of aromatic hydroxyl groups is 1. The number of phenolic OH excluding ortho intramolecular Hbond substituents is 1. The minimum absolute atomic E-state index is 0.0182. The van der Waals surface area contributed by atoms with E-state index in [-0.39, 0.29) is 115 Å². The predicted octanol–water partition coefficient (Wildman–Crippen LogP) is -3.03. The molecule has 47 heteroatoms. The number of nitrogens with zero attached hydrogens (tertiary/aromatic N) is 4. The van der Waals surface area contributed by atoms with Gasteiger partial charge in [0.1, 0.15) is 89.8 Å². The largest absolute Gasteiger partial charge is 0.508 e. The zero-order chi connectivity index (χ0) is 107. The Kier molecular flexibility index (Phi) is 44.5. The van der Waals surface area contributed by atoms with Crippen LogP contribution in [-0.2, 0) is 136 Å². The third-order valence-corrected chi connectivity index (χ3v) is 25.7. The number of carbonyl (C=O) groups is 16. The summed E-state index contributed by atoms with van der Waals surface area (Å²) in [6.45, 7) is 6.45. The number of para-hydroxylation sites is 1. The molecule has 46 nitrogen and oxygen atoms in total. The summed E-state index contributed by atoms with van der Waals surface area (Å²) < 4.78 is 3.11. The Bertz CT molecular complexity index is 5850. The van der Waals surface area contributed by atoms with Gasteiger partial charge in [0, 0.05) is 119 Å². The highest BCUT2D eigenvalue weighted by Gasteiger charge is 2.42. The second-order valence-electron chi connectivity index (χ2n) is 36.8. The minimum atomic E-state index is -2.02. The summed E-state index contributed by atoms with van der Waals surface area (Å²) in [7, 11) is 3.23. The zero-order valence-electron chi connectivity index (χ0n) is 83.1. The summed E-state index contributed by atoms with van der Waals surface area (Å²) in [5, 5.41) is 84.3. The molecule has 8 aromatic rings. The topological polar surface area (TPSA) is 721 Å². The molecule has 0 radical (unpaired) electrons. The third-order valence-electron chi connectivity index (χ3n) is 24.7. The fourth-order valence-electron chi connectivity index (χ4n) is 16.2. The number of aromatic nitrogens is 5. The number of fused-ring (bicyclic) bond motifs is 1. The maximum Gasteiger partial charge on any atom is 0.245 e. The second-order valence-corrected chi connectivity index (χ2v) is 37.8. The normalized spacial score (nSPS) is 22.2. The Morgan fingerprint density at radius 3 is 1.30 bits per heavy atom. The summed E-state index contributed by atoms with van der Waals surface area (Å²) in [4.78, 5) is 252. The van der Waals surface area contributed by atoms with Gasteiger partial charge in [-0.3, -0.25) is 87.5 Å². The van der Waals surface area contributed by atoms with Crippen LogP contribution in [0.4, 0.5) is 0 Å². The number of carbonyl (C=O) groups excluding carboxylic acids is 16. The molecule has 1 aliphatic heterocycles. The number of imidazole rings is 2. The van der Waals surface area contributed by atoms with Gasteiger partial charge in [0.2, 0.25) is 94.5 Å². The lowest BCUT2D eigenvalue weighted by molar-refractivity contribution is -0.138. The molecule has 0 bridgehead atoms. The molecule has 15 atom stereocenters. The summed E-state index contributed by atoms with van der Waals surface area (Å²) >= 11 is 0.779. The second kappa shape index (κ2) is 57.0. The van der Waals surface area contributed by atoms with Gasteiger partial charge in [0.05, 0.1) is 31.1 Å². The van der Waals surface area contributed by atoms with Crippen LogP contribution in [0.25, 0.3) is 10.9 Å². The van der Waals surface area contributed by atoms with Crippen LogP contribution in [0.3, 0.4) is 0 Å². The number of aryl methyl sites for hydroxylation is 2. The Labute approximate surface area is 854 Å². The van der Waals surface area contributed by atoms with Crippen molar-refractivity contribution >= 4 is 129 Å².